The lowest BCUT2D eigenvalue weighted by Gasteiger charge is -2.18. The minimum Gasteiger partial charge on any atom is -0.309 e. The second kappa shape index (κ2) is 12.7. The van der Waals surface area contributed by atoms with Gasteiger partial charge in [0.25, 0.3) is 0 Å². The Morgan fingerprint density at radius 3 is 1.62 bits per heavy atom. The highest BCUT2D eigenvalue weighted by atomic mass is 32.1. The van der Waals surface area contributed by atoms with Gasteiger partial charge in [0.1, 0.15) is 0 Å². The summed E-state index contributed by atoms with van der Waals surface area (Å²) in [5, 5.41) is 20.6. The topological polar surface area (TPSA) is 46.5 Å². The Morgan fingerprint density at radius 2 is 0.983 bits per heavy atom. The van der Waals surface area contributed by atoms with Crippen molar-refractivity contribution >= 4 is 107 Å². The lowest BCUT2D eigenvalue weighted by atomic mass is 9.94. The summed E-state index contributed by atoms with van der Waals surface area (Å²) in [5.41, 5.74) is 11.2. The first-order chi connectivity index (χ1) is 29.7. The molecule has 0 radical (unpaired) electrons. The number of hydrogen-bond acceptors (Lipinski definition) is 4. The molecule has 60 heavy (non-hydrogen) atoms. The molecule has 13 aromatic rings. The van der Waals surface area contributed by atoms with Crippen LogP contribution in [0.4, 0.5) is 0 Å². The molecule has 0 bridgehead atoms. The highest BCUT2D eigenvalue weighted by Crippen LogP contribution is 2.47. The third-order valence-electron chi connectivity index (χ3n) is 12.3. The van der Waals surface area contributed by atoms with Crippen molar-refractivity contribution in [2.45, 2.75) is 0 Å². The number of para-hydroxylation sites is 2. The maximum absolute atomic E-state index is 10.5. The van der Waals surface area contributed by atoms with Crippen LogP contribution >= 0.6 is 22.7 Å². The predicted molar refractivity (Wildman–Crippen MR) is 254 cm³/mol. The van der Waals surface area contributed by atoms with Crippen molar-refractivity contribution in [3.8, 4) is 39.7 Å². The third kappa shape index (κ3) is 4.62. The van der Waals surface area contributed by atoms with Gasteiger partial charge in [-0.25, -0.2) is 0 Å². The van der Waals surface area contributed by atoms with Gasteiger partial charge in [0, 0.05) is 84.8 Å². The molecule has 5 aromatic heterocycles. The normalized spacial score (nSPS) is 12.0. The van der Waals surface area contributed by atoms with Crippen LogP contribution in [0.1, 0.15) is 5.56 Å². The van der Waals surface area contributed by atoms with E-state index >= 15 is 0 Å². The van der Waals surface area contributed by atoms with Crippen LogP contribution in [0, 0.1) is 11.3 Å². The largest absolute Gasteiger partial charge is 0.309 e. The number of hydrogen-bond donors (Lipinski definition) is 0. The monoisotopic (exact) mass is 798 g/mol. The van der Waals surface area contributed by atoms with Crippen LogP contribution in [-0.2, 0) is 0 Å². The van der Waals surface area contributed by atoms with Crippen molar-refractivity contribution in [2.75, 3.05) is 0 Å². The average Bonchev–Trinajstić information content (AvgIpc) is 4.06. The zero-order valence-corrected chi connectivity index (χ0v) is 33.6. The number of rotatable bonds is 4. The van der Waals surface area contributed by atoms with E-state index in [9.17, 15) is 5.26 Å². The highest BCUT2D eigenvalue weighted by molar-refractivity contribution is 7.27. The number of fused-ring (bicyclic) bond motifs is 14. The molecule has 13 rings (SSSR count). The number of nitrogens with zero attached hydrogens (tertiary/aromatic N) is 4. The fourth-order valence-electron chi connectivity index (χ4n) is 9.73. The summed E-state index contributed by atoms with van der Waals surface area (Å²) in [6, 6.07) is 63.4. The van der Waals surface area contributed by atoms with Crippen LogP contribution < -0.4 is 0 Å². The summed E-state index contributed by atoms with van der Waals surface area (Å²) in [6.07, 6.45) is 3.88. The van der Waals surface area contributed by atoms with Gasteiger partial charge in [-0.05, 0) is 66.2 Å². The van der Waals surface area contributed by atoms with Gasteiger partial charge in [0.05, 0.1) is 51.3 Å². The first kappa shape index (κ1) is 33.4. The molecule has 0 aliphatic rings. The van der Waals surface area contributed by atoms with E-state index in [4.69, 9.17) is 4.98 Å². The number of thiophene rings is 2. The van der Waals surface area contributed by atoms with Crippen LogP contribution in [0.25, 0.3) is 118 Å². The van der Waals surface area contributed by atoms with E-state index in [0.717, 1.165) is 55.7 Å². The minimum absolute atomic E-state index is 0.633. The molecule has 0 atom stereocenters. The van der Waals surface area contributed by atoms with E-state index < -0.39 is 0 Å². The van der Waals surface area contributed by atoms with Gasteiger partial charge in [0.15, 0.2) is 0 Å². The Bertz CT molecular complexity index is 3980. The molecule has 4 nitrogen and oxygen atoms in total. The fourth-order valence-corrected chi connectivity index (χ4v) is 12.2. The van der Waals surface area contributed by atoms with E-state index in [1.54, 1.807) is 0 Å². The van der Waals surface area contributed by atoms with Crippen molar-refractivity contribution < 1.29 is 0 Å². The smallest absolute Gasteiger partial charge is 0.0998 e. The van der Waals surface area contributed by atoms with Crippen LogP contribution in [0.5, 0.6) is 0 Å². The van der Waals surface area contributed by atoms with Crippen molar-refractivity contribution in [3.05, 3.63) is 188 Å². The van der Waals surface area contributed by atoms with Gasteiger partial charge in [-0.2, -0.15) is 5.26 Å². The van der Waals surface area contributed by atoms with E-state index in [1.807, 2.05) is 53.3 Å². The van der Waals surface area contributed by atoms with Gasteiger partial charge >= 0.3 is 0 Å². The van der Waals surface area contributed by atoms with Crippen molar-refractivity contribution in [2.24, 2.45) is 0 Å². The summed E-state index contributed by atoms with van der Waals surface area (Å²) in [4.78, 5) is 4.75. The average molecular weight is 799 g/mol. The molecular formula is C54H30N4S2. The Labute approximate surface area is 351 Å². The van der Waals surface area contributed by atoms with Crippen LogP contribution in [-0.4, -0.2) is 14.1 Å². The van der Waals surface area contributed by atoms with Crippen LogP contribution in [0.15, 0.2) is 182 Å². The maximum atomic E-state index is 10.5. The zero-order chi connectivity index (χ0) is 39.5. The van der Waals surface area contributed by atoms with Crippen LogP contribution in [0.2, 0.25) is 0 Å². The Kier molecular flexibility index (Phi) is 7.08. The van der Waals surface area contributed by atoms with Crippen molar-refractivity contribution in [1.29, 1.82) is 5.26 Å². The second-order valence-electron chi connectivity index (χ2n) is 15.4. The first-order valence-electron chi connectivity index (χ1n) is 20.0. The third-order valence-corrected chi connectivity index (χ3v) is 14.7. The molecule has 0 N–H and O–H groups in total. The fraction of sp³-hybridized carbons (Fsp3) is 0. The van der Waals surface area contributed by atoms with Gasteiger partial charge in [-0.1, -0.05) is 109 Å². The molecule has 0 spiro atoms. The Morgan fingerprint density at radius 1 is 0.433 bits per heavy atom. The van der Waals surface area contributed by atoms with Crippen LogP contribution in [0.3, 0.4) is 0 Å². The molecule has 278 valence electrons. The quantitative estimate of drug-likeness (QED) is 0.178. The molecule has 0 aliphatic heterocycles. The van der Waals surface area contributed by atoms with E-state index in [0.29, 0.717) is 5.56 Å². The molecular weight excluding hydrogens is 769 g/mol. The van der Waals surface area contributed by atoms with E-state index in [2.05, 4.69) is 167 Å². The summed E-state index contributed by atoms with van der Waals surface area (Å²) >= 11 is 3.72. The number of pyridine rings is 1. The minimum atomic E-state index is 0.633. The molecule has 0 unspecified atom stereocenters. The zero-order valence-electron chi connectivity index (χ0n) is 31.9. The first-order valence-corrected chi connectivity index (χ1v) is 21.6. The molecule has 0 fully saturated rings. The standard InChI is InChI=1S/C54H30N4S2/c55-30-33-11-1-2-12-34(33)42-29-32(21-24-45(42)57-43-17-7-3-15-40(43)51-46(57)25-22-38-36-13-5-9-19-49(36)59-53(38)51)35-27-28-56-31-48(35)58-44-18-8-4-16-41(44)52-47(58)26-23-39-37-14-6-10-20-50(37)60-54(39)52/h1-29,31H. The molecule has 5 heterocycles. The Hall–Kier alpha value is -7.56. The second-order valence-corrected chi connectivity index (χ2v) is 17.5. The lowest BCUT2D eigenvalue weighted by Crippen LogP contribution is -2.01. The molecule has 0 amide bonds. The molecule has 0 aliphatic carbocycles. The number of benzene rings is 8. The van der Waals surface area contributed by atoms with Gasteiger partial charge in [0.2, 0.25) is 0 Å². The SMILES string of the molecule is N#Cc1ccccc1-c1cc(-c2ccncc2-n2c3ccccc3c3c4sc5ccccc5c4ccc32)ccc1-n1c2ccccc2c2c3sc4ccccc4c3ccc21. The summed E-state index contributed by atoms with van der Waals surface area (Å²) in [5.74, 6) is 0. The number of nitriles is 1. The molecule has 8 aromatic carbocycles. The van der Waals surface area contributed by atoms with Gasteiger partial charge < -0.3 is 9.13 Å². The predicted octanol–water partition coefficient (Wildman–Crippen LogP) is 15.2. The lowest BCUT2D eigenvalue weighted by molar-refractivity contribution is 1.14. The van der Waals surface area contributed by atoms with Gasteiger partial charge in [-0.15, -0.1) is 22.7 Å². The summed E-state index contributed by atoms with van der Waals surface area (Å²) in [6.45, 7) is 0. The summed E-state index contributed by atoms with van der Waals surface area (Å²) < 4.78 is 9.96. The molecule has 6 heteroatoms. The van der Waals surface area contributed by atoms with E-state index in [-0.39, 0.29) is 0 Å². The molecule has 0 saturated carbocycles. The van der Waals surface area contributed by atoms with Crippen molar-refractivity contribution in [1.82, 2.24) is 14.1 Å². The highest BCUT2D eigenvalue weighted by Gasteiger charge is 2.23. The van der Waals surface area contributed by atoms with Crippen molar-refractivity contribution in [3.63, 3.8) is 0 Å². The van der Waals surface area contributed by atoms with Gasteiger partial charge in [-0.3, -0.25) is 4.98 Å². The summed E-state index contributed by atoms with van der Waals surface area (Å²) in [7, 11) is 0. The number of aromatic nitrogens is 3. The van der Waals surface area contributed by atoms with E-state index in [1.165, 1.54) is 61.9 Å². The Balaban J connectivity index is 1.09. The maximum Gasteiger partial charge on any atom is 0.0998 e. The molecule has 0 saturated heterocycles.